The van der Waals surface area contributed by atoms with Crippen molar-refractivity contribution in [2.24, 2.45) is 0 Å². The van der Waals surface area contributed by atoms with Crippen LogP contribution in [0.25, 0.3) is 16.9 Å². The first kappa shape index (κ1) is 26.8. The van der Waals surface area contributed by atoms with Crippen molar-refractivity contribution in [3.63, 3.8) is 0 Å². The molecule has 1 fully saturated rings. The maximum absolute atomic E-state index is 12.9. The van der Waals surface area contributed by atoms with E-state index in [2.05, 4.69) is 63.8 Å². The Morgan fingerprint density at radius 1 is 1.10 bits per heavy atom. The summed E-state index contributed by atoms with van der Waals surface area (Å²) in [7, 11) is 0. The molecule has 0 saturated carbocycles. The Kier molecular flexibility index (Phi) is 7.63. The van der Waals surface area contributed by atoms with E-state index in [1.807, 2.05) is 61.9 Å². The Labute approximate surface area is 234 Å². The average molecular weight is 542 g/mol. The number of nitrogens with zero attached hydrogens (tertiary/aromatic N) is 6. The Morgan fingerprint density at radius 2 is 1.90 bits per heavy atom. The minimum atomic E-state index is -0.113. The molecule has 1 saturated heterocycles. The molecule has 1 aliphatic rings. The molecule has 8 nitrogen and oxygen atoms in total. The molecular weight excluding hydrogens is 506 g/mol. The van der Waals surface area contributed by atoms with E-state index in [9.17, 15) is 4.79 Å². The van der Waals surface area contributed by atoms with Crippen molar-refractivity contribution in [1.29, 1.82) is 0 Å². The van der Waals surface area contributed by atoms with Gasteiger partial charge in [-0.2, -0.15) is 0 Å². The van der Waals surface area contributed by atoms with Crippen LogP contribution in [-0.2, 0) is 5.41 Å². The Bertz CT molecular complexity index is 1470. The molecule has 0 bridgehead atoms. The Morgan fingerprint density at radius 3 is 2.62 bits per heavy atom. The third-order valence-corrected chi connectivity index (χ3v) is 8.43. The molecule has 0 radical (unpaired) electrons. The van der Waals surface area contributed by atoms with Crippen LogP contribution in [0.4, 0.5) is 11.4 Å². The minimum absolute atomic E-state index is 0.0143. The molecule has 202 valence electrons. The third-order valence-electron chi connectivity index (χ3n) is 6.92. The summed E-state index contributed by atoms with van der Waals surface area (Å²) in [6, 6.07) is 11.9. The number of hydrogen-bond donors (Lipinski definition) is 1. The van der Waals surface area contributed by atoms with Gasteiger partial charge in [0.2, 0.25) is 0 Å². The molecule has 1 aliphatic heterocycles. The van der Waals surface area contributed by atoms with Crippen LogP contribution in [0.5, 0.6) is 0 Å². The topological polar surface area (TPSA) is 79.2 Å². The summed E-state index contributed by atoms with van der Waals surface area (Å²) in [6.07, 6.45) is 7.60. The second-order valence-corrected chi connectivity index (χ2v) is 12.0. The van der Waals surface area contributed by atoms with Crippen LogP contribution < -0.4 is 10.2 Å². The zero-order chi connectivity index (χ0) is 27.6. The maximum Gasteiger partial charge on any atom is 0.265 e. The van der Waals surface area contributed by atoms with Crippen molar-refractivity contribution >= 4 is 28.6 Å². The zero-order valence-corrected chi connectivity index (χ0v) is 23.8. The molecule has 5 rings (SSSR count). The molecule has 3 aromatic heterocycles. The largest absolute Gasteiger partial charge is 0.368 e. The highest BCUT2D eigenvalue weighted by molar-refractivity contribution is 7.14. The van der Waals surface area contributed by atoms with Crippen LogP contribution in [0.3, 0.4) is 0 Å². The van der Waals surface area contributed by atoms with E-state index in [0.29, 0.717) is 10.6 Å². The van der Waals surface area contributed by atoms with Gasteiger partial charge in [-0.3, -0.25) is 14.7 Å². The van der Waals surface area contributed by atoms with Crippen molar-refractivity contribution in [2.45, 2.75) is 33.1 Å². The van der Waals surface area contributed by atoms with Gasteiger partial charge in [0.05, 0.1) is 28.6 Å². The lowest BCUT2D eigenvalue weighted by Gasteiger charge is -2.35. The van der Waals surface area contributed by atoms with Crippen molar-refractivity contribution < 1.29 is 4.79 Å². The normalized spacial score (nSPS) is 14.4. The summed E-state index contributed by atoms with van der Waals surface area (Å²) >= 11 is 1.53. The van der Waals surface area contributed by atoms with Gasteiger partial charge in [-0.15, -0.1) is 23.0 Å². The van der Waals surface area contributed by atoms with E-state index in [1.54, 1.807) is 4.68 Å². The molecule has 1 aromatic carbocycles. The summed E-state index contributed by atoms with van der Waals surface area (Å²) in [5.41, 5.74) is 5.36. The molecule has 0 unspecified atom stereocenters. The number of thiophene rings is 1. The summed E-state index contributed by atoms with van der Waals surface area (Å²) < 4.78 is 1.75. The molecule has 1 amide bonds. The summed E-state index contributed by atoms with van der Waals surface area (Å²) in [5.74, 6) is -0.113. The number of benzene rings is 1. The van der Waals surface area contributed by atoms with Crippen molar-refractivity contribution in [2.75, 3.05) is 42.9 Å². The Balaban J connectivity index is 1.32. The first-order chi connectivity index (χ1) is 18.7. The van der Waals surface area contributed by atoms with Gasteiger partial charge in [0, 0.05) is 55.0 Å². The number of anilines is 2. The van der Waals surface area contributed by atoms with Crippen LogP contribution in [0.15, 0.2) is 67.6 Å². The fraction of sp³-hybridized carbons (Fsp3) is 0.333. The van der Waals surface area contributed by atoms with Crippen LogP contribution in [0.2, 0.25) is 0 Å². The third kappa shape index (κ3) is 6.10. The number of aromatic nitrogens is 4. The van der Waals surface area contributed by atoms with Gasteiger partial charge in [-0.1, -0.05) is 38.1 Å². The van der Waals surface area contributed by atoms with E-state index in [4.69, 9.17) is 0 Å². The number of rotatable bonds is 7. The number of hydrogen-bond acceptors (Lipinski definition) is 7. The fourth-order valence-corrected chi connectivity index (χ4v) is 5.57. The van der Waals surface area contributed by atoms with Crippen LogP contribution >= 0.6 is 11.3 Å². The highest BCUT2D eigenvalue weighted by Gasteiger charge is 2.20. The number of carbonyl (C=O) groups excluding carboxylic acids is 1. The van der Waals surface area contributed by atoms with Crippen molar-refractivity contribution in [3.05, 3.63) is 83.0 Å². The molecule has 4 heterocycles. The maximum atomic E-state index is 12.9. The summed E-state index contributed by atoms with van der Waals surface area (Å²) in [5, 5.41) is 11.9. The summed E-state index contributed by atoms with van der Waals surface area (Å²) in [4.78, 5) is 24.1. The number of amides is 1. The highest BCUT2D eigenvalue weighted by Crippen LogP contribution is 2.30. The standard InChI is InChI=1S/C30H35N7OS/c1-6-11-35-12-14-36(15-13-35)24-16-22(18-31-19-24)25-20-37(34-33-25)26-17-23(8-7-21(26)2)32-29(38)27-9-10-28(39-27)30(3,4)5/h6-10,16-20H,1,11-15H2,2-5H3,(H,32,38). The molecule has 4 aromatic rings. The van der Waals surface area contributed by atoms with Gasteiger partial charge >= 0.3 is 0 Å². The molecule has 9 heteroatoms. The number of carbonyl (C=O) groups is 1. The lowest BCUT2D eigenvalue weighted by atomic mass is 9.95. The lowest BCUT2D eigenvalue weighted by Crippen LogP contribution is -2.46. The van der Waals surface area contributed by atoms with Crippen LogP contribution in [0.1, 0.15) is 40.9 Å². The van der Waals surface area contributed by atoms with Gasteiger partial charge in [-0.05, 0) is 48.2 Å². The van der Waals surface area contributed by atoms with E-state index in [0.717, 1.165) is 60.9 Å². The smallest absolute Gasteiger partial charge is 0.265 e. The molecule has 39 heavy (non-hydrogen) atoms. The van der Waals surface area contributed by atoms with Crippen molar-refractivity contribution in [1.82, 2.24) is 24.9 Å². The molecule has 1 N–H and O–H groups in total. The fourth-order valence-electron chi connectivity index (χ4n) is 4.62. The highest BCUT2D eigenvalue weighted by atomic mass is 32.1. The molecule has 0 atom stereocenters. The molecule has 0 spiro atoms. The predicted octanol–water partition coefficient (Wildman–Crippen LogP) is 5.56. The molecule has 0 aliphatic carbocycles. The van der Waals surface area contributed by atoms with Crippen molar-refractivity contribution in [3.8, 4) is 16.9 Å². The first-order valence-electron chi connectivity index (χ1n) is 13.2. The SMILES string of the molecule is C=CCN1CCN(c2cncc(-c3cn(-c4cc(NC(=O)c5ccc(C(C)(C)C)s5)ccc4C)nn3)c2)CC1. The van der Waals surface area contributed by atoms with Crippen LogP contribution in [0, 0.1) is 6.92 Å². The quantitative estimate of drug-likeness (QED) is 0.309. The van der Waals surface area contributed by atoms with Gasteiger partial charge < -0.3 is 10.2 Å². The Hall–Kier alpha value is -3.82. The van der Waals surface area contributed by atoms with Gasteiger partial charge in [0.1, 0.15) is 5.69 Å². The first-order valence-corrected chi connectivity index (χ1v) is 14.0. The van der Waals surface area contributed by atoms with E-state index >= 15 is 0 Å². The number of nitrogens with one attached hydrogen (secondary N) is 1. The van der Waals surface area contributed by atoms with Gasteiger partial charge in [-0.25, -0.2) is 4.68 Å². The summed E-state index contributed by atoms with van der Waals surface area (Å²) in [6.45, 7) is 17.1. The second kappa shape index (κ2) is 11.1. The van der Waals surface area contributed by atoms with Gasteiger partial charge in [0.25, 0.3) is 5.91 Å². The molecular formula is C30H35N7OS. The zero-order valence-electron chi connectivity index (χ0n) is 23.0. The average Bonchev–Trinajstić information content (AvgIpc) is 3.61. The van der Waals surface area contributed by atoms with E-state index in [-0.39, 0.29) is 11.3 Å². The number of aryl methyl sites for hydroxylation is 1. The predicted molar refractivity (Wildman–Crippen MR) is 159 cm³/mol. The lowest BCUT2D eigenvalue weighted by molar-refractivity contribution is 0.103. The minimum Gasteiger partial charge on any atom is -0.368 e. The second-order valence-electron chi connectivity index (χ2n) is 10.9. The van der Waals surface area contributed by atoms with Crippen LogP contribution in [-0.4, -0.2) is 63.5 Å². The van der Waals surface area contributed by atoms with E-state index in [1.165, 1.54) is 16.2 Å². The monoisotopic (exact) mass is 541 g/mol. The number of piperazine rings is 1. The van der Waals surface area contributed by atoms with E-state index < -0.39 is 0 Å². The van der Waals surface area contributed by atoms with Gasteiger partial charge in [0.15, 0.2) is 0 Å². The number of pyridine rings is 1.